The van der Waals surface area contributed by atoms with E-state index in [1.54, 1.807) is 11.8 Å². The van der Waals surface area contributed by atoms with Crippen LogP contribution < -0.4 is 15.5 Å². The van der Waals surface area contributed by atoms with Crippen LogP contribution in [0.4, 0.5) is 5.69 Å². The monoisotopic (exact) mass is 342 g/mol. The van der Waals surface area contributed by atoms with Gasteiger partial charge in [0.15, 0.2) is 0 Å². The van der Waals surface area contributed by atoms with E-state index in [0.29, 0.717) is 18.5 Å². The highest BCUT2D eigenvalue weighted by molar-refractivity contribution is 6.07. The van der Waals surface area contributed by atoms with Gasteiger partial charge in [0.25, 0.3) is 11.8 Å². The summed E-state index contributed by atoms with van der Waals surface area (Å²) in [5.41, 5.74) is 1.75. The molecule has 0 radical (unpaired) electrons. The van der Waals surface area contributed by atoms with E-state index >= 15 is 0 Å². The van der Waals surface area contributed by atoms with E-state index in [4.69, 9.17) is 0 Å². The van der Waals surface area contributed by atoms with E-state index in [2.05, 4.69) is 21.6 Å². The molecule has 1 aromatic rings. The molecule has 1 aromatic carbocycles. The normalized spacial score (nSPS) is 26.7. The van der Waals surface area contributed by atoms with E-state index in [1.807, 2.05) is 12.1 Å². The van der Waals surface area contributed by atoms with E-state index in [1.165, 1.54) is 0 Å². The van der Waals surface area contributed by atoms with Crippen molar-refractivity contribution < 1.29 is 14.4 Å². The highest BCUT2D eigenvalue weighted by Gasteiger charge is 2.48. The summed E-state index contributed by atoms with van der Waals surface area (Å²) in [5.74, 6) is -0.784. The van der Waals surface area contributed by atoms with Crippen molar-refractivity contribution in [2.24, 2.45) is 0 Å². The van der Waals surface area contributed by atoms with Gasteiger partial charge in [0, 0.05) is 50.4 Å². The van der Waals surface area contributed by atoms with Crippen molar-refractivity contribution in [1.82, 2.24) is 15.5 Å². The summed E-state index contributed by atoms with van der Waals surface area (Å²) in [6, 6.07) is 5.91. The van der Waals surface area contributed by atoms with Crippen molar-refractivity contribution in [3.05, 3.63) is 29.3 Å². The summed E-state index contributed by atoms with van der Waals surface area (Å²) in [6.07, 6.45) is 0.621. The minimum atomic E-state index is -0.973. The second kappa shape index (κ2) is 5.84. The lowest BCUT2D eigenvalue weighted by atomic mass is 9.89. The molecule has 132 valence electrons. The number of nitrogens with zero attached hydrogens (tertiary/aromatic N) is 2. The van der Waals surface area contributed by atoms with Crippen LogP contribution in [0.5, 0.6) is 0 Å². The average molecular weight is 342 g/mol. The van der Waals surface area contributed by atoms with Crippen LogP contribution in [0.25, 0.3) is 0 Å². The van der Waals surface area contributed by atoms with Crippen LogP contribution in [0, 0.1) is 0 Å². The molecule has 2 fully saturated rings. The van der Waals surface area contributed by atoms with Gasteiger partial charge >= 0.3 is 0 Å². The molecular weight excluding hydrogens is 320 g/mol. The summed E-state index contributed by atoms with van der Waals surface area (Å²) in [7, 11) is 0. The van der Waals surface area contributed by atoms with E-state index in [9.17, 15) is 14.4 Å². The summed E-state index contributed by atoms with van der Waals surface area (Å²) in [5, 5.41) is 5.70. The van der Waals surface area contributed by atoms with Crippen molar-refractivity contribution >= 4 is 23.4 Å². The first-order chi connectivity index (χ1) is 12.0. The minimum absolute atomic E-state index is 0.131. The maximum atomic E-state index is 12.9. The lowest BCUT2D eigenvalue weighted by molar-refractivity contribution is -0.142. The van der Waals surface area contributed by atoms with E-state index in [0.717, 1.165) is 37.4 Å². The van der Waals surface area contributed by atoms with Crippen LogP contribution >= 0.6 is 0 Å². The first-order valence-electron chi connectivity index (χ1n) is 8.74. The topological polar surface area (TPSA) is 81.8 Å². The third-order valence-electron chi connectivity index (χ3n) is 5.55. The minimum Gasteiger partial charge on any atom is -0.369 e. The molecule has 1 atom stereocenters. The standard InChI is InChI=1S/C18H22N4O3/c1-18(5-4-15(23)20-17(18)25)22-11-12-10-13(2-3-14(12)16(22)24)21-8-6-19-7-9-21/h2-3,10,19H,4-9,11H2,1H3,(H,20,23,25). The number of carbonyl (C=O) groups is 3. The molecule has 0 saturated carbocycles. The molecule has 2 saturated heterocycles. The fourth-order valence-corrected chi connectivity index (χ4v) is 3.88. The summed E-state index contributed by atoms with van der Waals surface area (Å²) >= 11 is 0. The molecule has 0 aliphatic carbocycles. The van der Waals surface area contributed by atoms with Gasteiger partial charge in [-0.1, -0.05) is 0 Å². The number of hydrogen-bond acceptors (Lipinski definition) is 5. The van der Waals surface area contributed by atoms with Gasteiger partial charge in [-0.25, -0.2) is 0 Å². The Morgan fingerprint density at radius 1 is 1.12 bits per heavy atom. The van der Waals surface area contributed by atoms with Gasteiger partial charge in [-0.05, 0) is 37.1 Å². The third kappa shape index (κ3) is 2.59. The SMILES string of the molecule is CC1(N2Cc3cc(N4CCNCC4)ccc3C2=O)CCC(=O)NC1=O. The van der Waals surface area contributed by atoms with Gasteiger partial charge in [0.2, 0.25) is 5.91 Å². The van der Waals surface area contributed by atoms with Crippen LogP contribution in [0.3, 0.4) is 0 Å². The Hall–Kier alpha value is -2.41. The predicted molar refractivity (Wildman–Crippen MR) is 92.2 cm³/mol. The first-order valence-corrected chi connectivity index (χ1v) is 8.74. The summed E-state index contributed by atoms with van der Waals surface area (Å²) in [4.78, 5) is 40.6. The molecular formula is C18H22N4O3. The Balaban J connectivity index is 1.60. The molecule has 2 N–H and O–H groups in total. The van der Waals surface area contributed by atoms with Gasteiger partial charge in [-0.2, -0.15) is 0 Å². The van der Waals surface area contributed by atoms with Crippen LogP contribution in [0.1, 0.15) is 35.7 Å². The zero-order chi connectivity index (χ0) is 17.6. The third-order valence-corrected chi connectivity index (χ3v) is 5.55. The van der Waals surface area contributed by atoms with Crippen molar-refractivity contribution in [1.29, 1.82) is 0 Å². The molecule has 3 aliphatic heterocycles. The Morgan fingerprint density at radius 3 is 2.60 bits per heavy atom. The van der Waals surface area contributed by atoms with Crippen LogP contribution in [-0.4, -0.2) is 54.3 Å². The Labute approximate surface area is 146 Å². The average Bonchev–Trinajstić information content (AvgIpc) is 2.96. The fourth-order valence-electron chi connectivity index (χ4n) is 3.88. The van der Waals surface area contributed by atoms with Gasteiger partial charge in [-0.3, -0.25) is 19.7 Å². The van der Waals surface area contributed by atoms with Gasteiger partial charge in [0.05, 0.1) is 0 Å². The lowest BCUT2D eigenvalue weighted by Crippen LogP contribution is -2.61. The van der Waals surface area contributed by atoms with Crippen molar-refractivity contribution in [2.75, 3.05) is 31.1 Å². The number of hydrogen-bond donors (Lipinski definition) is 2. The van der Waals surface area contributed by atoms with Crippen molar-refractivity contribution in [3.63, 3.8) is 0 Å². The number of rotatable bonds is 2. The lowest BCUT2D eigenvalue weighted by Gasteiger charge is -2.39. The van der Waals surface area contributed by atoms with Gasteiger partial charge in [0.1, 0.15) is 5.54 Å². The highest BCUT2D eigenvalue weighted by atomic mass is 16.2. The quantitative estimate of drug-likeness (QED) is 0.753. The predicted octanol–water partition coefficient (Wildman–Crippen LogP) is 0.247. The number of piperidine rings is 1. The van der Waals surface area contributed by atoms with Gasteiger partial charge < -0.3 is 15.1 Å². The number of benzene rings is 1. The zero-order valence-electron chi connectivity index (χ0n) is 14.3. The largest absolute Gasteiger partial charge is 0.369 e. The molecule has 25 heavy (non-hydrogen) atoms. The number of carbonyl (C=O) groups excluding carboxylic acids is 3. The van der Waals surface area contributed by atoms with Crippen molar-refractivity contribution in [3.8, 4) is 0 Å². The fraction of sp³-hybridized carbons (Fsp3) is 0.500. The second-order valence-corrected chi connectivity index (χ2v) is 7.12. The molecule has 4 rings (SSSR count). The smallest absolute Gasteiger partial charge is 0.255 e. The molecule has 3 amide bonds. The molecule has 0 spiro atoms. The summed E-state index contributed by atoms with van der Waals surface area (Å²) in [6.45, 7) is 5.95. The molecule has 1 unspecified atom stereocenters. The number of fused-ring (bicyclic) bond motifs is 1. The van der Waals surface area contributed by atoms with E-state index < -0.39 is 5.54 Å². The van der Waals surface area contributed by atoms with Gasteiger partial charge in [-0.15, -0.1) is 0 Å². The Bertz CT molecular complexity index is 757. The van der Waals surface area contributed by atoms with Crippen molar-refractivity contribution in [2.45, 2.75) is 31.8 Å². The number of imide groups is 1. The van der Waals surface area contributed by atoms with Crippen LogP contribution in [0.15, 0.2) is 18.2 Å². The Kier molecular flexibility index (Phi) is 3.76. The molecule has 7 nitrogen and oxygen atoms in total. The molecule has 3 heterocycles. The molecule has 0 bridgehead atoms. The maximum Gasteiger partial charge on any atom is 0.255 e. The van der Waals surface area contributed by atoms with E-state index in [-0.39, 0.29) is 24.1 Å². The number of anilines is 1. The number of piperazine rings is 1. The zero-order valence-corrected chi connectivity index (χ0v) is 14.3. The summed E-state index contributed by atoms with van der Waals surface area (Å²) < 4.78 is 0. The molecule has 7 heteroatoms. The number of amides is 3. The number of nitrogens with one attached hydrogen (secondary N) is 2. The Morgan fingerprint density at radius 2 is 1.88 bits per heavy atom. The second-order valence-electron chi connectivity index (χ2n) is 7.12. The maximum absolute atomic E-state index is 12.9. The van der Waals surface area contributed by atoms with Crippen LogP contribution in [0.2, 0.25) is 0 Å². The highest BCUT2D eigenvalue weighted by Crippen LogP contribution is 2.35. The first kappa shape index (κ1) is 16.1. The molecule has 3 aliphatic rings. The molecule has 0 aromatic heterocycles. The van der Waals surface area contributed by atoms with Crippen LogP contribution in [-0.2, 0) is 16.1 Å².